The summed E-state index contributed by atoms with van der Waals surface area (Å²) in [7, 11) is 0. The molecule has 6 aromatic rings. The second-order valence-electron chi connectivity index (χ2n) is 9.50. The van der Waals surface area contributed by atoms with Crippen molar-refractivity contribution >= 4 is 53.7 Å². The first-order valence-corrected chi connectivity index (χ1v) is 12.3. The van der Waals surface area contributed by atoms with Gasteiger partial charge in [-0.25, -0.2) is 0 Å². The van der Waals surface area contributed by atoms with E-state index in [-0.39, 0.29) is 5.41 Å². The van der Waals surface area contributed by atoms with Gasteiger partial charge in [-0.3, -0.25) is 0 Å². The maximum absolute atomic E-state index is 3.76. The molecule has 158 valence electrons. The summed E-state index contributed by atoms with van der Waals surface area (Å²) < 4.78 is 2.65. The van der Waals surface area contributed by atoms with E-state index in [4.69, 9.17) is 0 Å². The molecule has 1 aromatic heterocycles. The van der Waals surface area contributed by atoms with Crippen LogP contribution in [0.5, 0.6) is 0 Å². The van der Waals surface area contributed by atoms with E-state index in [0.29, 0.717) is 0 Å². The molecule has 2 heteroatoms. The SMILES string of the molecule is CC1(C)c2ccccc2-c2ccc(Nc3cccc4c3sc3ccc5ccccc5c34)cc21. The Labute approximate surface area is 197 Å². The number of hydrogen-bond donors (Lipinski definition) is 1. The van der Waals surface area contributed by atoms with E-state index in [9.17, 15) is 0 Å². The topological polar surface area (TPSA) is 12.0 Å². The van der Waals surface area contributed by atoms with Gasteiger partial charge in [-0.15, -0.1) is 11.3 Å². The molecule has 1 heterocycles. The van der Waals surface area contributed by atoms with Crippen molar-refractivity contribution in [3.63, 3.8) is 0 Å². The molecule has 0 aliphatic heterocycles. The van der Waals surface area contributed by atoms with Gasteiger partial charge in [0, 0.05) is 26.6 Å². The summed E-state index contributed by atoms with van der Waals surface area (Å²) in [5.74, 6) is 0. The van der Waals surface area contributed by atoms with Gasteiger partial charge in [-0.2, -0.15) is 0 Å². The second kappa shape index (κ2) is 6.69. The van der Waals surface area contributed by atoms with Crippen LogP contribution < -0.4 is 5.32 Å². The molecule has 0 radical (unpaired) electrons. The van der Waals surface area contributed by atoms with Crippen molar-refractivity contribution in [3.05, 3.63) is 108 Å². The summed E-state index contributed by atoms with van der Waals surface area (Å²) in [5, 5.41) is 9.07. The molecule has 1 aliphatic rings. The Kier molecular flexibility index (Phi) is 3.83. The molecule has 0 fully saturated rings. The third-order valence-corrected chi connectivity index (χ3v) is 8.45. The van der Waals surface area contributed by atoms with Gasteiger partial charge in [0.15, 0.2) is 0 Å². The molecule has 0 spiro atoms. The van der Waals surface area contributed by atoms with E-state index in [0.717, 1.165) is 5.69 Å². The third kappa shape index (κ3) is 2.65. The van der Waals surface area contributed by atoms with Crippen molar-refractivity contribution in [1.29, 1.82) is 0 Å². The lowest BCUT2D eigenvalue weighted by Gasteiger charge is -2.22. The molecule has 5 aromatic carbocycles. The quantitative estimate of drug-likeness (QED) is 0.282. The monoisotopic (exact) mass is 441 g/mol. The summed E-state index contributed by atoms with van der Waals surface area (Å²) in [6.45, 7) is 4.67. The maximum Gasteiger partial charge on any atom is 0.0590 e. The Morgan fingerprint density at radius 1 is 0.667 bits per heavy atom. The molecule has 33 heavy (non-hydrogen) atoms. The Hall–Kier alpha value is -3.62. The van der Waals surface area contributed by atoms with Crippen LogP contribution in [0.2, 0.25) is 0 Å². The highest BCUT2D eigenvalue weighted by Crippen LogP contribution is 2.49. The van der Waals surface area contributed by atoms with Crippen LogP contribution in [0.3, 0.4) is 0 Å². The van der Waals surface area contributed by atoms with E-state index in [1.54, 1.807) is 0 Å². The van der Waals surface area contributed by atoms with Crippen LogP contribution in [0, 0.1) is 0 Å². The van der Waals surface area contributed by atoms with Crippen LogP contribution in [-0.4, -0.2) is 0 Å². The third-order valence-electron chi connectivity index (χ3n) is 7.25. The van der Waals surface area contributed by atoms with Crippen molar-refractivity contribution in [2.24, 2.45) is 0 Å². The number of anilines is 2. The number of nitrogens with one attached hydrogen (secondary N) is 1. The second-order valence-corrected chi connectivity index (χ2v) is 10.6. The first-order chi connectivity index (χ1) is 16.1. The van der Waals surface area contributed by atoms with Crippen molar-refractivity contribution in [1.82, 2.24) is 0 Å². The normalized spacial score (nSPS) is 14.0. The zero-order valence-electron chi connectivity index (χ0n) is 18.6. The zero-order chi connectivity index (χ0) is 22.2. The lowest BCUT2D eigenvalue weighted by Crippen LogP contribution is -2.15. The Morgan fingerprint density at radius 2 is 1.45 bits per heavy atom. The molecule has 0 amide bonds. The van der Waals surface area contributed by atoms with Crippen molar-refractivity contribution in [3.8, 4) is 11.1 Å². The summed E-state index contributed by atoms with van der Waals surface area (Å²) in [6, 6.07) is 35.5. The molecule has 0 saturated heterocycles. The molecule has 1 nitrogen and oxygen atoms in total. The van der Waals surface area contributed by atoms with Gasteiger partial charge in [0.2, 0.25) is 0 Å². The summed E-state index contributed by atoms with van der Waals surface area (Å²) in [5.41, 5.74) is 7.84. The highest BCUT2D eigenvalue weighted by atomic mass is 32.1. The molecule has 1 aliphatic carbocycles. The Morgan fingerprint density at radius 3 is 2.39 bits per heavy atom. The predicted octanol–water partition coefficient (Wildman–Crippen LogP) is 9.26. The van der Waals surface area contributed by atoms with Gasteiger partial charge in [0.1, 0.15) is 0 Å². The smallest absolute Gasteiger partial charge is 0.0590 e. The fraction of sp³-hybridized carbons (Fsp3) is 0.0968. The molecular weight excluding hydrogens is 418 g/mol. The highest BCUT2D eigenvalue weighted by molar-refractivity contribution is 7.26. The highest BCUT2D eigenvalue weighted by Gasteiger charge is 2.35. The van der Waals surface area contributed by atoms with E-state index in [1.807, 2.05) is 11.3 Å². The van der Waals surface area contributed by atoms with Crippen LogP contribution >= 0.6 is 11.3 Å². The predicted molar refractivity (Wildman–Crippen MR) is 144 cm³/mol. The van der Waals surface area contributed by atoms with Crippen LogP contribution in [0.15, 0.2) is 97.1 Å². The molecule has 0 atom stereocenters. The summed E-state index contributed by atoms with van der Waals surface area (Å²) in [4.78, 5) is 0. The minimum Gasteiger partial charge on any atom is -0.354 e. The van der Waals surface area contributed by atoms with Crippen LogP contribution in [0.25, 0.3) is 42.1 Å². The number of thiophene rings is 1. The fourth-order valence-electron chi connectivity index (χ4n) is 5.60. The van der Waals surface area contributed by atoms with Gasteiger partial charge in [0.05, 0.1) is 10.4 Å². The van der Waals surface area contributed by atoms with Crippen LogP contribution in [-0.2, 0) is 5.41 Å². The summed E-state index contributed by atoms with van der Waals surface area (Å²) in [6.07, 6.45) is 0. The largest absolute Gasteiger partial charge is 0.354 e. The maximum atomic E-state index is 3.76. The standard InChI is InChI=1S/C31H23NS/c1-31(2)25-12-6-5-10-22(25)23-16-15-20(18-26(23)31)32-27-13-7-11-24-29-21-9-4-3-8-19(21)14-17-28(29)33-30(24)27/h3-18,32H,1-2H3. The van der Waals surface area contributed by atoms with E-state index >= 15 is 0 Å². The van der Waals surface area contributed by atoms with Gasteiger partial charge in [-0.05, 0) is 57.3 Å². The minimum atomic E-state index is 0.00610. The van der Waals surface area contributed by atoms with Gasteiger partial charge >= 0.3 is 0 Å². The first kappa shape index (κ1) is 18.9. The average Bonchev–Trinajstić information content (AvgIpc) is 3.34. The molecule has 0 saturated carbocycles. The van der Waals surface area contributed by atoms with E-state index < -0.39 is 0 Å². The van der Waals surface area contributed by atoms with Crippen LogP contribution in [0.1, 0.15) is 25.0 Å². The minimum absolute atomic E-state index is 0.00610. The van der Waals surface area contributed by atoms with E-state index in [2.05, 4.69) is 116 Å². The van der Waals surface area contributed by atoms with Gasteiger partial charge in [0.25, 0.3) is 0 Å². The number of fused-ring (bicyclic) bond motifs is 8. The fourth-order valence-corrected chi connectivity index (χ4v) is 6.79. The Bertz CT molecular complexity index is 1720. The lowest BCUT2D eigenvalue weighted by atomic mass is 9.82. The number of hydrogen-bond acceptors (Lipinski definition) is 2. The molecule has 1 N–H and O–H groups in total. The number of rotatable bonds is 2. The zero-order valence-corrected chi connectivity index (χ0v) is 19.5. The first-order valence-electron chi connectivity index (χ1n) is 11.5. The van der Waals surface area contributed by atoms with Crippen LogP contribution in [0.4, 0.5) is 11.4 Å². The average molecular weight is 442 g/mol. The molecule has 7 rings (SSSR count). The summed E-state index contributed by atoms with van der Waals surface area (Å²) >= 11 is 1.87. The molecule has 0 unspecified atom stereocenters. The van der Waals surface area contributed by atoms with Gasteiger partial charge in [-0.1, -0.05) is 86.6 Å². The Balaban J connectivity index is 1.37. The molecule has 0 bridgehead atoms. The van der Waals surface area contributed by atoms with Crippen molar-refractivity contribution in [2.45, 2.75) is 19.3 Å². The van der Waals surface area contributed by atoms with Gasteiger partial charge < -0.3 is 5.32 Å². The van der Waals surface area contributed by atoms with Crippen molar-refractivity contribution < 1.29 is 0 Å². The lowest BCUT2D eigenvalue weighted by molar-refractivity contribution is 0.660. The number of benzene rings is 5. The van der Waals surface area contributed by atoms with E-state index in [1.165, 1.54) is 58.9 Å². The van der Waals surface area contributed by atoms with Crippen molar-refractivity contribution in [2.75, 3.05) is 5.32 Å². The molecular formula is C31H23NS.